The van der Waals surface area contributed by atoms with Crippen LogP contribution in [0.15, 0.2) is 29.3 Å². The van der Waals surface area contributed by atoms with Gasteiger partial charge >= 0.3 is 0 Å². The number of fused-ring (bicyclic) bond motifs is 1. The van der Waals surface area contributed by atoms with Crippen molar-refractivity contribution in [2.75, 3.05) is 6.61 Å². The third-order valence-corrected chi connectivity index (χ3v) is 5.15. The van der Waals surface area contributed by atoms with Crippen molar-refractivity contribution in [3.05, 3.63) is 46.0 Å². The van der Waals surface area contributed by atoms with E-state index < -0.39 is 5.91 Å². The molecule has 0 saturated heterocycles. The maximum absolute atomic E-state index is 12.7. The average Bonchev–Trinajstić information content (AvgIpc) is 2.63. The highest BCUT2D eigenvalue weighted by Gasteiger charge is 2.26. The number of pyridine rings is 1. The van der Waals surface area contributed by atoms with Crippen molar-refractivity contribution in [3.8, 4) is 0 Å². The van der Waals surface area contributed by atoms with Gasteiger partial charge in [-0.25, -0.2) is 4.98 Å². The number of hydrogen-bond donors (Lipinski definition) is 2. The van der Waals surface area contributed by atoms with E-state index in [2.05, 4.69) is 10.3 Å². The van der Waals surface area contributed by atoms with Gasteiger partial charge in [-0.3, -0.25) is 14.0 Å². The van der Waals surface area contributed by atoms with Gasteiger partial charge < -0.3 is 10.4 Å². The first-order valence-electron chi connectivity index (χ1n) is 9.00. The Balaban J connectivity index is 1.85. The zero-order valence-corrected chi connectivity index (χ0v) is 14.6. The SMILES string of the molecule is Cc1cccn2c(=O)c(C(=O)NC(CCO)C3CCCCC3)cnc12. The van der Waals surface area contributed by atoms with E-state index >= 15 is 0 Å². The number of nitrogens with zero attached hydrogens (tertiary/aromatic N) is 2. The first kappa shape index (κ1) is 17.6. The highest BCUT2D eigenvalue weighted by atomic mass is 16.3. The second-order valence-corrected chi connectivity index (χ2v) is 6.85. The van der Waals surface area contributed by atoms with Crippen molar-refractivity contribution in [3.63, 3.8) is 0 Å². The maximum atomic E-state index is 12.7. The van der Waals surface area contributed by atoms with Gasteiger partial charge in [-0.05, 0) is 43.7 Å². The van der Waals surface area contributed by atoms with Crippen molar-refractivity contribution in [1.82, 2.24) is 14.7 Å². The molecule has 2 aromatic heterocycles. The molecule has 0 aliphatic heterocycles. The Morgan fingerprint density at radius 2 is 2.16 bits per heavy atom. The minimum atomic E-state index is -0.405. The highest BCUT2D eigenvalue weighted by molar-refractivity contribution is 5.94. The van der Waals surface area contributed by atoms with Crippen LogP contribution < -0.4 is 10.9 Å². The molecule has 134 valence electrons. The quantitative estimate of drug-likeness (QED) is 0.870. The Morgan fingerprint density at radius 3 is 2.88 bits per heavy atom. The molecule has 0 aromatic carbocycles. The molecule has 1 aliphatic rings. The molecular formula is C19H25N3O3. The van der Waals surface area contributed by atoms with Crippen LogP contribution in [0, 0.1) is 12.8 Å². The van der Waals surface area contributed by atoms with E-state index in [4.69, 9.17) is 0 Å². The summed E-state index contributed by atoms with van der Waals surface area (Å²) in [6.45, 7) is 1.90. The molecule has 2 N–H and O–H groups in total. The first-order valence-corrected chi connectivity index (χ1v) is 9.00. The number of rotatable bonds is 5. The summed E-state index contributed by atoms with van der Waals surface area (Å²) >= 11 is 0. The molecule has 2 aromatic rings. The third kappa shape index (κ3) is 3.74. The van der Waals surface area contributed by atoms with Gasteiger partial charge in [0.1, 0.15) is 11.2 Å². The molecule has 6 heteroatoms. The van der Waals surface area contributed by atoms with E-state index in [1.54, 1.807) is 12.3 Å². The molecule has 0 radical (unpaired) electrons. The summed E-state index contributed by atoms with van der Waals surface area (Å²) < 4.78 is 1.41. The van der Waals surface area contributed by atoms with Crippen molar-refractivity contribution in [2.45, 2.75) is 51.5 Å². The van der Waals surface area contributed by atoms with Gasteiger partial charge in [0.05, 0.1) is 0 Å². The Labute approximate surface area is 146 Å². The molecule has 1 aliphatic carbocycles. The molecule has 1 unspecified atom stereocenters. The summed E-state index contributed by atoms with van der Waals surface area (Å²) in [7, 11) is 0. The van der Waals surface area contributed by atoms with E-state index in [-0.39, 0.29) is 23.8 Å². The van der Waals surface area contributed by atoms with Crippen LogP contribution in [0.2, 0.25) is 0 Å². The number of hydrogen-bond acceptors (Lipinski definition) is 4. The van der Waals surface area contributed by atoms with Gasteiger partial charge in [-0.2, -0.15) is 0 Å². The summed E-state index contributed by atoms with van der Waals surface area (Å²) in [4.78, 5) is 29.6. The van der Waals surface area contributed by atoms with Crippen LogP contribution in [0.25, 0.3) is 5.65 Å². The minimum absolute atomic E-state index is 0.0234. The molecule has 1 amide bonds. The first-order chi connectivity index (χ1) is 12.1. The lowest BCUT2D eigenvalue weighted by atomic mass is 9.82. The molecule has 1 fully saturated rings. The Kier molecular flexibility index (Phi) is 5.48. The number of nitrogens with one attached hydrogen (secondary N) is 1. The van der Waals surface area contributed by atoms with Crippen LogP contribution in [0.1, 0.15) is 54.4 Å². The third-order valence-electron chi connectivity index (χ3n) is 5.15. The summed E-state index contributed by atoms with van der Waals surface area (Å²) in [6, 6.07) is 3.54. The van der Waals surface area contributed by atoms with Crippen molar-refractivity contribution >= 4 is 11.6 Å². The number of aliphatic hydroxyl groups excluding tert-OH is 1. The number of carbonyl (C=O) groups is 1. The fourth-order valence-electron chi connectivity index (χ4n) is 3.75. The zero-order chi connectivity index (χ0) is 17.8. The van der Waals surface area contributed by atoms with Gasteiger partial charge in [-0.15, -0.1) is 0 Å². The second kappa shape index (κ2) is 7.78. The molecule has 25 heavy (non-hydrogen) atoms. The van der Waals surface area contributed by atoms with Gasteiger partial charge in [0.25, 0.3) is 11.5 Å². The van der Waals surface area contributed by atoms with E-state index in [9.17, 15) is 14.7 Å². The van der Waals surface area contributed by atoms with Gasteiger partial charge in [-0.1, -0.05) is 25.3 Å². The average molecular weight is 343 g/mol. The predicted molar refractivity (Wildman–Crippen MR) is 95.7 cm³/mol. The predicted octanol–water partition coefficient (Wildman–Crippen LogP) is 2.06. The van der Waals surface area contributed by atoms with Gasteiger partial charge in [0.2, 0.25) is 0 Å². The molecule has 1 atom stereocenters. The van der Waals surface area contributed by atoms with E-state index in [1.807, 2.05) is 13.0 Å². The Morgan fingerprint density at radius 1 is 1.40 bits per heavy atom. The van der Waals surface area contributed by atoms with Gasteiger partial charge in [0, 0.05) is 25.0 Å². The smallest absolute Gasteiger partial charge is 0.270 e. The van der Waals surface area contributed by atoms with Crippen molar-refractivity contribution in [2.24, 2.45) is 5.92 Å². The van der Waals surface area contributed by atoms with Crippen LogP contribution in [0.5, 0.6) is 0 Å². The van der Waals surface area contributed by atoms with Gasteiger partial charge in [0.15, 0.2) is 0 Å². The normalized spacial score (nSPS) is 16.7. The lowest BCUT2D eigenvalue weighted by Crippen LogP contribution is -2.43. The number of aliphatic hydroxyl groups is 1. The summed E-state index contributed by atoms with van der Waals surface area (Å²) in [6.07, 6.45) is 9.14. The highest BCUT2D eigenvalue weighted by Crippen LogP contribution is 2.27. The van der Waals surface area contributed by atoms with Crippen molar-refractivity contribution < 1.29 is 9.90 Å². The molecule has 1 saturated carbocycles. The Hall–Kier alpha value is -2.21. The number of aryl methyl sites for hydroxylation is 1. The lowest BCUT2D eigenvalue weighted by Gasteiger charge is -2.30. The fraction of sp³-hybridized carbons (Fsp3) is 0.526. The van der Waals surface area contributed by atoms with Crippen LogP contribution >= 0.6 is 0 Å². The zero-order valence-electron chi connectivity index (χ0n) is 14.6. The second-order valence-electron chi connectivity index (χ2n) is 6.85. The van der Waals surface area contributed by atoms with Crippen LogP contribution in [0.4, 0.5) is 0 Å². The van der Waals surface area contributed by atoms with E-state index in [1.165, 1.54) is 17.0 Å². The van der Waals surface area contributed by atoms with Crippen LogP contribution in [-0.4, -0.2) is 33.0 Å². The number of aromatic nitrogens is 2. The molecule has 0 bridgehead atoms. The summed E-state index contributed by atoms with van der Waals surface area (Å²) in [5.41, 5.74) is 1.12. The fourth-order valence-corrected chi connectivity index (χ4v) is 3.75. The molecule has 0 spiro atoms. The van der Waals surface area contributed by atoms with E-state index in [0.717, 1.165) is 31.2 Å². The van der Waals surface area contributed by atoms with Crippen molar-refractivity contribution in [1.29, 1.82) is 0 Å². The molecule has 6 nitrogen and oxygen atoms in total. The maximum Gasteiger partial charge on any atom is 0.270 e. The Bertz CT molecular complexity index is 809. The summed E-state index contributed by atoms with van der Waals surface area (Å²) in [5.74, 6) is -0.0410. The standard InChI is InChI=1S/C19H25N3O3/c1-13-6-5-10-22-17(13)20-12-15(19(22)25)18(24)21-16(9-11-23)14-7-3-2-4-8-14/h5-6,10,12,14,16,23H,2-4,7-9,11H2,1H3,(H,21,24). The molecular weight excluding hydrogens is 318 g/mol. The van der Waals surface area contributed by atoms with Crippen LogP contribution in [0.3, 0.4) is 0 Å². The molecule has 2 heterocycles. The molecule has 3 rings (SSSR count). The van der Waals surface area contributed by atoms with Crippen LogP contribution in [-0.2, 0) is 0 Å². The minimum Gasteiger partial charge on any atom is -0.396 e. The number of amides is 1. The topological polar surface area (TPSA) is 83.7 Å². The van der Waals surface area contributed by atoms with E-state index in [0.29, 0.717) is 18.0 Å². The largest absolute Gasteiger partial charge is 0.396 e. The monoisotopic (exact) mass is 343 g/mol. The number of carbonyl (C=O) groups excluding carboxylic acids is 1. The lowest BCUT2D eigenvalue weighted by molar-refractivity contribution is 0.0897. The summed E-state index contributed by atoms with van der Waals surface area (Å²) in [5, 5.41) is 12.3.